The standard InChI is InChI=1S/C17H23ClN2O2/c1-11(2)15(19)17(22)20-9-7-13(8-10-20)16(21)12-3-5-14(18)6-4-12/h3-6,11,13,15H,7-10,19H2,1-2H3/t15-/m0/s1. The number of carbonyl (C=O) groups excluding carboxylic acids is 2. The summed E-state index contributed by atoms with van der Waals surface area (Å²) < 4.78 is 0. The molecule has 0 saturated carbocycles. The molecule has 1 atom stereocenters. The van der Waals surface area contributed by atoms with Crippen LogP contribution < -0.4 is 5.73 Å². The van der Waals surface area contributed by atoms with E-state index in [-0.39, 0.29) is 23.5 Å². The van der Waals surface area contributed by atoms with Crippen molar-refractivity contribution in [1.82, 2.24) is 4.90 Å². The molecule has 1 fully saturated rings. The Morgan fingerprint density at radius 1 is 1.18 bits per heavy atom. The molecule has 0 aromatic heterocycles. The van der Waals surface area contributed by atoms with Crippen molar-refractivity contribution in [1.29, 1.82) is 0 Å². The first-order valence-corrected chi connectivity index (χ1v) is 8.12. The van der Waals surface area contributed by atoms with Gasteiger partial charge in [-0.3, -0.25) is 9.59 Å². The maximum atomic E-state index is 12.5. The number of halogens is 1. The van der Waals surface area contributed by atoms with E-state index in [1.807, 2.05) is 13.8 Å². The summed E-state index contributed by atoms with van der Waals surface area (Å²) >= 11 is 5.84. The predicted molar refractivity (Wildman–Crippen MR) is 87.9 cm³/mol. The molecule has 0 aliphatic carbocycles. The fourth-order valence-corrected chi connectivity index (χ4v) is 2.83. The normalized spacial score (nSPS) is 17.6. The van der Waals surface area contributed by atoms with Crippen LogP contribution in [0, 0.1) is 11.8 Å². The summed E-state index contributed by atoms with van der Waals surface area (Å²) in [4.78, 5) is 26.5. The molecule has 22 heavy (non-hydrogen) atoms. The summed E-state index contributed by atoms with van der Waals surface area (Å²) in [5, 5.41) is 0.625. The molecule has 1 amide bonds. The van der Waals surface area contributed by atoms with E-state index < -0.39 is 6.04 Å². The van der Waals surface area contributed by atoms with Gasteiger partial charge in [0.2, 0.25) is 5.91 Å². The number of amides is 1. The molecule has 4 nitrogen and oxygen atoms in total. The zero-order chi connectivity index (χ0) is 16.3. The van der Waals surface area contributed by atoms with Crippen molar-refractivity contribution < 1.29 is 9.59 Å². The van der Waals surface area contributed by atoms with Gasteiger partial charge >= 0.3 is 0 Å². The zero-order valence-corrected chi connectivity index (χ0v) is 13.8. The number of carbonyl (C=O) groups is 2. The smallest absolute Gasteiger partial charge is 0.239 e. The number of hydrogen-bond acceptors (Lipinski definition) is 3. The molecule has 5 heteroatoms. The summed E-state index contributed by atoms with van der Waals surface area (Å²) in [5.74, 6) is 0.228. The van der Waals surface area contributed by atoms with Crippen LogP contribution in [0.2, 0.25) is 5.02 Å². The second kappa shape index (κ2) is 7.25. The zero-order valence-electron chi connectivity index (χ0n) is 13.1. The molecule has 0 spiro atoms. The number of ketones is 1. The number of nitrogens with zero attached hydrogens (tertiary/aromatic N) is 1. The Morgan fingerprint density at radius 2 is 1.73 bits per heavy atom. The monoisotopic (exact) mass is 322 g/mol. The molecule has 1 aromatic carbocycles. The molecule has 1 aliphatic rings. The van der Waals surface area contributed by atoms with Crippen LogP contribution in [0.1, 0.15) is 37.0 Å². The van der Waals surface area contributed by atoms with Crippen LogP contribution in [0.4, 0.5) is 0 Å². The van der Waals surface area contributed by atoms with Gasteiger partial charge in [0, 0.05) is 29.6 Å². The van der Waals surface area contributed by atoms with Crippen molar-refractivity contribution in [3.05, 3.63) is 34.9 Å². The Labute approximate surface area is 136 Å². The molecule has 2 rings (SSSR count). The predicted octanol–water partition coefficient (Wildman–Crippen LogP) is 2.74. The average molecular weight is 323 g/mol. The van der Waals surface area contributed by atoms with E-state index >= 15 is 0 Å². The molecule has 120 valence electrons. The van der Waals surface area contributed by atoms with Gasteiger partial charge in [-0.25, -0.2) is 0 Å². The van der Waals surface area contributed by atoms with Gasteiger partial charge in [0.25, 0.3) is 0 Å². The van der Waals surface area contributed by atoms with Crippen LogP contribution in [-0.4, -0.2) is 35.7 Å². The van der Waals surface area contributed by atoms with Crippen LogP contribution in [0.5, 0.6) is 0 Å². The highest BCUT2D eigenvalue weighted by Crippen LogP contribution is 2.23. The first-order valence-electron chi connectivity index (χ1n) is 7.74. The van der Waals surface area contributed by atoms with E-state index in [1.165, 1.54) is 0 Å². The molecular weight excluding hydrogens is 300 g/mol. The highest BCUT2D eigenvalue weighted by Gasteiger charge is 2.30. The van der Waals surface area contributed by atoms with E-state index in [1.54, 1.807) is 29.2 Å². The van der Waals surface area contributed by atoms with Crippen LogP contribution in [-0.2, 0) is 4.79 Å². The molecule has 0 unspecified atom stereocenters. The maximum absolute atomic E-state index is 12.5. The highest BCUT2D eigenvalue weighted by atomic mass is 35.5. The molecule has 1 aromatic rings. The Balaban J connectivity index is 1.93. The Kier molecular flexibility index (Phi) is 5.59. The van der Waals surface area contributed by atoms with Gasteiger partial charge in [0.05, 0.1) is 6.04 Å². The van der Waals surface area contributed by atoms with Crippen molar-refractivity contribution in [2.75, 3.05) is 13.1 Å². The lowest BCUT2D eigenvalue weighted by Crippen LogP contribution is -2.49. The fraction of sp³-hybridized carbons (Fsp3) is 0.529. The fourth-order valence-electron chi connectivity index (χ4n) is 2.71. The maximum Gasteiger partial charge on any atom is 0.239 e. The summed E-state index contributed by atoms with van der Waals surface area (Å²) in [7, 11) is 0. The summed E-state index contributed by atoms with van der Waals surface area (Å²) in [6.07, 6.45) is 1.38. The average Bonchev–Trinajstić information content (AvgIpc) is 2.53. The molecule has 2 N–H and O–H groups in total. The van der Waals surface area contributed by atoms with Crippen LogP contribution in [0.3, 0.4) is 0 Å². The third-order valence-electron chi connectivity index (χ3n) is 4.31. The number of rotatable bonds is 4. The number of hydrogen-bond donors (Lipinski definition) is 1. The van der Waals surface area contributed by atoms with E-state index in [2.05, 4.69) is 0 Å². The second-order valence-corrected chi connectivity index (χ2v) is 6.68. The number of likely N-dealkylation sites (tertiary alicyclic amines) is 1. The molecular formula is C17H23ClN2O2. The second-order valence-electron chi connectivity index (χ2n) is 6.24. The lowest BCUT2D eigenvalue weighted by Gasteiger charge is -2.33. The van der Waals surface area contributed by atoms with E-state index in [0.29, 0.717) is 36.5 Å². The lowest BCUT2D eigenvalue weighted by atomic mass is 9.88. The van der Waals surface area contributed by atoms with Crippen molar-refractivity contribution >= 4 is 23.3 Å². The van der Waals surface area contributed by atoms with Crippen molar-refractivity contribution in [3.8, 4) is 0 Å². The van der Waals surface area contributed by atoms with Gasteiger partial charge < -0.3 is 10.6 Å². The Morgan fingerprint density at radius 3 is 2.23 bits per heavy atom. The van der Waals surface area contributed by atoms with Gasteiger partial charge in [-0.2, -0.15) is 0 Å². The lowest BCUT2D eigenvalue weighted by molar-refractivity contribution is -0.134. The SMILES string of the molecule is CC(C)[C@H](N)C(=O)N1CCC(C(=O)c2ccc(Cl)cc2)CC1. The van der Waals surface area contributed by atoms with E-state index in [4.69, 9.17) is 17.3 Å². The Bertz CT molecular complexity index is 534. The minimum absolute atomic E-state index is 0.00704. The van der Waals surface area contributed by atoms with E-state index in [9.17, 15) is 9.59 Å². The van der Waals surface area contributed by atoms with Crippen LogP contribution in [0.15, 0.2) is 24.3 Å². The molecule has 1 heterocycles. The van der Waals surface area contributed by atoms with Crippen LogP contribution in [0.25, 0.3) is 0 Å². The minimum atomic E-state index is -0.455. The number of nitrogens with two attached hydrogens (primary N) is 1. The molecule has 1 aliphatic heterocycles. The van der Waals surface area contributed by atoms with Crippen molar-refractivity contribution in [2.45, 2.75) is 32.7 Å². The van der Waals surface area contributed by atoms with Crippen molar-refractivity contribution in [3.63, 3.8) is 0 Å². The van der Waals surface area contributed by atoms with Gasteiger partial charge in [-0.05, 0) is 43.0 Å². The third kappa shape index (κ3) is 3.87. The largest absolute Gasteiger partial charge is 0.341 e. The van der Waals surface area contributed by atoms with Gasteiger partial charge in [0.1, 0.15) is 0 Å². The van der Waals surface area contributed by atoms with Crippen molar-refractivity contribution in [2.24, 2.45) is 17.6 Å². The highest BCUT2D eigenvalue weighted by molar-refractivity contribution is 6.30. The first-order chi connectivity index (χ1) is 10.4. The number of piperidine rings is 1. The van der Waals surface area contributed by atoms with Gasteiger partial charge in [-0.15, -0.1) is 0 Å². The van der Waals surface area contributed by atoms with Gasteiger partial charge in [0.15, 0.2) is 5.78 Å². The first kappa shape index (κ1) is 17.0. The summed E-state index contributed by atoms with van der Waals surface area (Å²) in [5.41, 5.74) is 6.61. The molecule has 1 saturated heterocycles. The molecule has 0 radical (unpaired) electrons. The van der Waals surface area contributed by atoms with E-state index in [0.717, 1.165) is 0 Å². The number of Topliss-reactive ketones (excluding diaryl/α,β-unsaturated/α-hetero) is 1. The quantitative estimate of drug-likeness (QED) is 0.867. The topological polar surface area (TPSA) is 63.4 Å². The third-order valence-corrected chi connectivity index (χ3v) is 4.56. The summed E-state index contributed by atoms with van der Waals surface area (Å²) in [6, 6.07) is 6.53. The minimum Gasteiger partial charge on any atom is -0.341 e. The molecule has 0 bridgehead atoms. The van der Waals surface area contributed by atoms with Gasteiger partial charge in [-0.1, -0.05) is 25.4 Å². The Hall–Kier alpha value is -1.39. The number of benzene rings is 1. The van der Waals surface area contributed by atoms with Crippen LogP contribution >= 0.6 is 11.6 Å². The summed E-state index contributed by atoms with van der Waals surface area (Å²) in [6.45, 7) is 5.09.